The number of rotatable bonds is 4. The van der Waals surface area contributed by atoms with Crippen molar-refractivity contribution in [3.63, 3.8) is 0 Å². The molecule has 0 saturated heterocycles. The Morgan fingerprint density at radius 1 is 1.40 bits per heavy atom. The Balaban J connectivity index is 2.04. The van der Waals surface area contributed by atoms with E-state index in [4.69, 9.17) is 0 Å². The molecule has 1 unspecified atom stereocenters. The highest BCUT2D eigenvalue weighted by atomic mass is 32.2. The fraction of sp³-hybridized carbons (Fsp3) is 0.538. The van der Waals surface area contributed by atoms with E-state index < -0.39 is 0 Å². The Morgan fingerprint density at radius 3 is 2.80 bits per heavy atom. The maximum Gasteiger partial charge on any atom is 0.0345 e. The molecule has 0 spiro atoms. The van der Waals surface area contributed by atoms with E-state index in [9.17, 15) is 0 Å². The van der Waals surface area contributed by atoms with Gasteiger partial charge in [-0.1, -0.05) is 12.1 Å². The van der Waals surface area contributed by atoms with Crippen molar-refractivity contribution >= 4 is 17.4 Å². The summed E-state index contributed by atoms with van der Waals surface area (Å²) in [6.45, 7) is 2.26. The third-order valence-electron chi connectivity index (χ3n) is 3.19. The van der Waals surface area contributed by atoms with Crippen LogP contribution in [0.5, 0.6) is 0 Å². The second-order valence-electron chi connectivity index (χ2n) is 4.28. The Morgan fingerprint density at radius 2 is 2.20 bits per heavy atom. The molecule has 0 amide bonds. The largest absolute Gasteiger partial charge is 0.382 e. The molecule has 0 heterocycles. The smallest absolute Gasteiger partial charge is 0.0345 e. The molecule has 1 atom stereocenters. The van der Waals surface area contributed by atoms with Gasteiger partial charge in [0.15, 0.2) is 0 Å². The van der Waals surface area contributed by atoms with E-state index in [1.54, 1.807) is 0 Å². The quantitative estimate of drug-likeness (QED) is 0.822. The highest BCUT2D eigenvalue weighted by Gasteiger charge is 2.16. The minimum absolute atomic E-state index is 0.591. The SMILES string of the molecule is CSC(C)c1cccc(NC2CCC2)c1. The van der Waals surface area contributed by atoms with Gasteiger partial charge in [0.05, 0.1) is 0 Å². The average molecular weight is 221 g/mol. The molecule has 15 heavy (non-hydrogen) atoms. The molecule has 82 valence electrons. The number of nitrogens with one attached hydrogen (secondary N) is 1. The van der Waals surface area contributed by atoms with Crippen LogP contribution in [0.3, 0.4) is 0 Å². The van der Waals surface area contributed by atoms with Crippen LogP contribution in [0.25, 0.3) is 0 Å². The molecule has 0 bridgehead atoms. The molecule has 1 N–H and O–H groups in total. The Bertz CT molecular complexity index is 320. The second kappa shape index (κ2) is 4.93. The van der Waals surface area contributed by atoms with Crippen molar-refractivity contribution in [2.45, 2.75) is 37.5 Å². The summed E-state index contributed by atoms with van der Waals surface area (Å²) in [5, 5.41) is 4.18. The summed E-state index contributed by atoms with van der Waals surface area (Å²) in [6.07, 6.45) is 6.22. The fourth-order valence-electron chi connectivity index (χ4n) is 1.81. The lowest BCUT2D eigenvalue weighted by molar-refractivity contribution is 0.445. The van der Waals surface area contributed by atoms with E-state index in [0.717, 1.165) is 6.04 Å². The molecular weight excluding hydrogens is 202 g/mol. The maximum absolute atomic E-state index is 3.59. The number of hydrogen-bond acceptors (Lipinski definition) is 2. The zero-order valence-corrected chi connectivity index (χ0v) is 10.3. The standard InChI is InChI=1S/C13H19NS/c1-10(15-2)11-5-3-8-13(9-11)14-12-6-4-7-12/h3,5,8-10,12,14H,4,6-7H2,1-2H3. The molecule has 0 radical (unpaired) electrons. The van der Waals surface area contributed by atoms with E-state index in [1.807, 2.05) is 11.8 Å². The molecule has 1 saturated carbocycles. The van der Waals surface area contributed by atoms with Crippen molar-refractivity contribution in [1.82, 2.24) is 0 Å². The van der Waals surface area contributed by atoms with Gasteiger partial charge in [0.1, 0.15) is 0 Å². The molecule has 0 aliphatic heterocycles. The topological polar surface area (TPSA) is 12.0 Å². The van der Waals surface area contributed by atoms with Gasteiger partial charge in [0.25, 0.3) is 0 Å². The third-order valence-corrected chi connectivity index (χ3v) is 4.16. The van der Waals surface area contributed by atoms with Crippen LogP contribution >= 0.6 is 11.8 Å². The van der Waals surface area contributed by atoms with Crippen molar-refractivity contribution < 1.29 is 0 Å². The van der Waals surface area contributed by atoms with Crippen LogP contribution < -0.4 is 5.32 Å². The molecule has 1 aromatic rings. The van der Waals surface area contributed by atoms with Crippen LogP contribution in [0.1, 0.15) is 37.0 Å². The van der Waals surface area contributed by atoms with Gasteiger partial charge in [0.2, 0.25) is 0 Å². The van der Waals surface area contributed by atoms with E-state index in [-0.39, 0.29) is 0 Å². The molecule has 0 aromatic heterocycles. The summed E-state index contributed by atoms with van der Waals surface area (Å²) in [5.74, 6) is 0. The molecule has 2 rings (SSSR count). The summed E-state index contributed by atoms with van der Waals surface area (Å²) in [7, 11) is 0. The first kappa shape index (κ1) is 10.9. The van der Waals surface area contributed by atoms with Crippen molar-refractivity contribution in [3.8, 4) is 0 Å². The van der Waals surface area contributed by atoms with E-state index in [1.165, 1.54) is 30.5 Å². The number of benzene rings is 1. The zero-order chi connectivity index (χ0) is 10.7. The number of anilines is 1. The third kappa shape index (κ3) is 2.69. The first-order valence-electron chi connectivity index (χ1n) is 5.69. The first-order chi connectivity index (χ1) is 7.29. The average Bonchev–Trinajstić information content (AvgIpc) is 2.23. The fourth-order valence-corrected chi connectivity index (χ4v) is 2.22. The normalized spacial score (nSPS) is 18.3. The Hall–Kier alpha value is -0.630. The lowest BCUT2D eigenvalue weighted by Gasteiger charge is -2.27. The summed E-state index contributed by atoms with van der Waals surface area (Å²) in [6, 6.07) is 9.56. The summed E-state index contributed by atoms with van der Waals surface area (Å²) >= 11 is 1.90. The second-order valence-corrected chi connectivity index (χ2v) is 5.45. The van der Waals surface area contributed by atoms with Gasteiger partial charge in [-0.2, -0.15) is 11.8 Å². The highest BCUT2D eigenvalue weighted by molar-refractivity contribution is 7.98. The van der Waals surface area contributed by atoms with Crippen LogP contribution in [-0.4, -0.2) is 12.3 Å². The minimum atomic E-state index is 0.591. The van der Waals surface area contributed by atoms with Crippen LogP contribution in [0.2, 0.25) is 0 Å². The molecule has 1 fully saturated rings. The highest BCUT2D eigenvalue weighted by Crippen LogP contribution is 2.29. The summed E-state index contributed by atoms with van der Waals surface area (Å²) in [4.78, 5) is 0. The van der Waals surface area contributed by atoms with Gasteiger partial charge in [-0.25, -0.2) is 0 Å². The van der Waals surface area contributed by atoms with Gasteiger partial charge in [-0.3, -0.25) is 0 Å². The number of hydrogen-bond donors (Lipinski definition) is 1. The van der Waals surface area contributed by atoms with Gasteiger partial charge in [-0.15, -0.1) is 0 Å². The van der Waals surface area contributed by atoms with Crippen LogP contribution in [0.4, 0.5) is 5.69 Å². The van der Waals surface area contributed by atoms with Crippen molar-refractivity contribution in [2.75, 3.05) is 11.6 Å². The molecule has 1 nitrogen and oxygen atoms in total. The Kier molecular flexibility index (Phi) is 3.57. The van der Waals surface area contributed by atoms with Gasteiger partial charge < -0.3 is 5.32 Å². The molecule has 1 aliphatic carbocycles. The van der Waals surface area contributed by atoms with Crippen LogP contribution in [0.15, 0.2) is 24.3 Å². The van der Waals surface area contributed by atoms with E-state index in [0.29, 0.717) is 5.25 Å². The lowest BCUT2D eigenvalue weighted by atomic mass is 9.93. The van der Waals surface area contributed by atoms with Gasteiger partial charge in [0, 0.05) is 17.0 Å². The minimum Gasteiger partial charge on any atom is -0.382 e. The first-order valence-corrected chi connectivity index (χ1v) is 6.97. The molecule has 1 aliphatic rings. The predicted octanol–water partition coefficient (Wildman–Crippen LogP) is 4.08. The van der Waals surface area contributed by atoms with Crippen molar-refractivity contribution in [1.29, 1.82) is 0 Å². The summed E-state index contributed by atoms with van der Waals surface area (Å²) in [5.41, 5.74) is 2.71. The van der Waals surface area contributed by atoms with Crippen molar-refractivity contribution in [2.24, 2.45) is 0 Å². The summed E-state index contributed by atoms with van der Waals surface area (Å²) < 4.78 is 0. The molecular formula is C13H19NS. The molecule has 2 heteroatoms. The van der Waals surface area contributed by atoms with Gasteiger partial charge in [-0.05, 0) is 50.1 Å². The van der Waals surface area contributed by atoms with Gasteiger partial charge >= 0.3 is 0 Å². The maximum atomic E-state index is 3.59. The zero-order valence-electron chi connectivity index (χ0n) is 9.49. The van der Waals surface area contributed by atoms with Crippen LogP contribution in [-0.2, 0) is 0 Å². The Labute approximate surface area is 96.7 Å². The van der Waals surface area contributed by atoms with E-state index >= 15 is 0 Å². The lowest BCUT2D eigenvalue weighted by Crippen LogP contribution is -2.26. The monoisotopic (exact) mass is 221 g/mol. The van der Waals surface area contributed by atoms with Crippen molar-refractivity contribution in [3.05, 3.63) is 29.8 Å². The predicted molar refractivity (Wildman–Crippen MR) is 69.6 cm³/mol. The number of thioether (sulfide) groups is 1. The molecule has 1 aromatic carbocycles. The van der Waals surface area contributed by atoms with Crippen LogP contribution in [0, 0.1) is 0 Å². The van der Waals surface area contributed by atoms with E-state index in [2.05, 4.69) is 42.8 Å².